The lowest BCUT2D eigenvalue weighted by Gasteiger charge is -2.47. The SMILES string of the molecule is CC(C)(C)[Si](O[C@@H]1CCCC[C@H]1CC(=O)O)(c1ccccc1)c1ccccc1. The van der Waals surface area contributed by atoms with Gasteiger partial charge in [-0.25, -0.2) is 0 Å². The van der Waals surface area contributed by atoms with Crippen molar-refractivity contribution in [2.24, 2.45) is 5.92 Å². The molecular formula is C24H32O3Si. The first kappa shape index (κ1) is 20.8. The Kier molecular flexibility index (Phi) is 6.41. The topological polar surface area (TPSA) is 46.5 Å². The molecule has 0 radical (unpaired) electrons. The summed E-state index contributed by atoms with van der Waals surface area (Å²) in [6.45, 7) is 6.82. The van der Waals surface area contributed by atoms with Crippen molar-refractivity contribution in [3.8, 4) is 0 Å². The Morgan fingerprint density at radius 1 is 0.964 bits per heavy atom. The van der Waals surface area contributed by atoms with Gasteiger partial charge in [-0.2, -0.15) is 0 Å². The molecule has 4 heteroatoms. The van der Waals surface area contributed by atoms with Gasteiger partial charge in [0, 0.05) is 6.10 Å². The van der Waals surface area contributed by atoms with Crippen molar-refractivity contribution in [1.29, 1.82) is 0 Å². The Morgan fingerprint density at radius 3 is 1.93 bits per heavy atom. The number of carboxylic acid groups (broad SMARTS) is 1. The van der Waals surface area contributed by atoms with E-state index in [0.29, 0.717) is 0 Å². The van der Waals surface area contributed by atoms with Crippen LogP contribution in [-0.2, 0) is 9.22 Å². The third-order valence-corrected chi connectivity index (χ3v) is 11.1. The van der Waals surface area contributed by atoms with Crippen molar-refractivity contribution in [3.63, 3.8) is 0 Å². The van der Waals surface area contributed by atoms with Gasteiger partial charge < -0.3 is 9.53 Å². The van der Waals surface area contributed by atoms with Gasteiger partial charge in [0.15, 0.2) is 0 Å². The van der Waals surface area contributed by atoms with Crippen molar-refractivity contribution < 1.29 is 14.3 Å². The minimum absolute atomic E-state index is 0.00356. The molecule has 1 fully saturated rings. The minimum atomic E-state index is -2.62. The zero-order chi connectivity index (χ0) is 20.2. The maximum Gasteiger partial charge on any atom is 0.303 e. The average molecular weight is 397 g/mol. The highest BCUT2D eigenvalue weighted by Gasteiger charge is 2.52. The van der Waals surface area contributed by atoms with E-state index >= 15 is 0 Å². The van der Waals surface area contributed by atoms with Crippen LogP contribution in [0.25, 0.3) is 0 Å². The summed E-state index contributed by atoms with van der Waals surface area (Å²) >= 11 is 0. The summed E-state index contributed by atoms with van der Waals surface area (Å²) in [7, 11) is -2.62. The lowest BCUT2D eigenvalue weighted by Crippen LogP contribution is -2.68. The predicted octanol–water partition coefficient (Wildman–Crippen LogP) is 4.60. The molecule has 0 unspecified atom stereocenters. The highest BCUT2D eigenvalue weighted by Crippen LogP contribution is 2.41. The van der Waals surface area contributed by atoms with E-state index in [4.69, 9.17) is 4.43 Å². The zero-order valence-electron chi connectivity index (χ0n) is 17.2. The average Bonchev–Trinajstić information content (AvgIpc) is 2.67. The first-order chi connectivity index (χ1) is 13.3. The third kappa shape index (κ3) is 4.23. The molecule has 3 rings (SSSR count). The number of hydrogen-bond acceptors (Lipinski definition) is 2. The summed E-state index contributed by atoms with van der Waals surface area (Å²) in [5.74, 6) is -0.629. The Balaban J connectivity index is 2.11. The lowest BCUT2D eigenvalue weighted by atomic mass is 9.84. The van der Waals surface area contributed by atoms with E-state index in [-0.39, 0.29) is 23.5 Å². The van der Waals surface area contributed by atoms with Crippen LogP contribution in [0.3, 0.4) is 0 Å². The van der Waals surface area contributed by atoms with Crippen molar-refractivity contribution in [3.05, 3.63) is 60.7 Å². The molecule has 0 spiro atoms. The van der Waals surface area contributed by atoms with Gasteiger partial charge in [0.05, 0.1) is 6.42 Å². The molecule has 0 heterocycles. The number of rotatable bonds is 6. The van der Waals surface area contributed by atoms with Crippen LogP contribution in [0.4, 0.5) is 0 Å². The van der Waals surface area contributed by atoms with Crippen molar-refractivity contribution in [2.45, 2.75) is 64.0 Å². The summed E-state index contributed by atoms with van der Waals surface area (Å²) in [5, 5.41) is 11.9. The summed E-state index contributed by atoms with van der Waals surface area (Å²) in [5.41, 5.74) is 0. The second-order valence-corrected chi connectivity index (χ2v) is 13.2. The highest BCUT2D eigenvalue weighted by molar-refractivity contribution is 6.99. The monoisotopic (exact) mass is 396 g/mol. The maximum absolute atomic E-state index is 11.5. The summed E-state index contributed by atoms with van der Waals surface area (Å²) in [6, 6.07) is 21.2. The smallest absolute Gasteiger partial charge is 0.303 e. The molecule has 2 atom stereocenters. The van der Waals surface area contributed by atoms with Crippen molar-refractivity contribution in [1.82, 2.24) is 0 Å². The van der Waals surface area contributed by atoms with Crippen molar-refractivity contribution in [2.75, 3.05) is 0 Å². The van der Waals surface area contributed by atoms with Gasteiger partial charge in [-0.15, -0.1) is 0 Å². The van der Waals surface area contributed by atoms with Crippen LogP contribution < -0.4 is 10.4 Å². The Hall–Kier alpha value is -1.91. The van der Waals surface area contributed by atoms with Crippen LogP contribution in [0.1, 0.15) is 52.9 Å². The maximum atomic E-state index is 11.5. The largest absolute Gasteiger partial charge is 0.481 e. The molecule has 0 aliphatic heterocycles. The van der Waals surface area contributed by atoms with Crippen molar-refractivity contribution >= 4 is 24.7 Å². The molecule has 1 saturated carbocycles. The van der Waals surface area contributed by atoms with Crippen LogP contribution >= 0.6 is 0 Å². The van der Waals surface area contributed by atoms with E-state index in [1.165, 1.54) is 10.4 Å². The molecule has 0 saturated heterocycles. The second-order valence-electron chi connectivity index (χ2n) is 8.96. The number of carboxylic acids is 1. The Labute approximate surface area is 169 Å². The molecule has 2 aromatic carbocycles. The van der Waals surface area contributed by atoms with E-state index in [9.17, 15) is 9.90 Å². The van der Waals surface area contributed by atoms with E-state index in [2.05, 4.69) is 69.3 Å². The van der Waals surface area contributed by atoms with Gasteiger partial charge in [-0.3, -0.25) is 4.79 Å². The van der Waals surface area contributed by atoms with Gasteiger partial charge in [0.1, 0.15) is 0 Å². The first-order valence-corrected chi connectivity index (χ1v) is 12.3. The van der Waals surface area contributed by atoms with Crippen LogP contribution in [0.5, 0.6) is 0 Å². The molecule has 1 aliphatic carbocycles. The number of carbonyl (C=O) groups is 1. The van der Waals surface area contributed by atoms with E-state index in [0.717, 1.165) is 25.7 Å². The van der Waals surface area contributed by atoms with Gasteiger partial charge in [0.25, 0.3) is 8.32 Å². The van der Waals surface area contributed by atoms with E-state index in [1.807, 2.05) is 12.1 Å². The van der Waals surface area contributed by atoms with E-state index < -0.39 is 14.3 Å². The quantitative estimate of drug-likeness (QED) is 0.726. The number of benzene rings is 2. The molecule has 0 amide bonds. The summed E-state index contributed by atoms with van der Waals surface area (Å²) < 4.78 is 7.20. The van der Waals surface area contributed by atoms with Gasteiger partial charge >= 0.3 is 5.97 Å². The normalized spacial score (nSPS) is 20.7. The van der Waals surface area contributed by atoms with Gasteiger partial charge in [-0.1, -0.05) is 94.3 Å². The van der Waals surface area contributed by atoms with Crippen LogP contribution in [0.15, 0.2) is 60.7 Å². The van der Waals surface area contributed by atoms with Crippen LogP contribution in [-0.4, -0.2) is 25.5 Å². The number of hydrogen-bond donors (Lipinski definition) is 1. The van der Waals surface area contributed by atoms with Gasteiger partial charge in [0.2, 0.25) is 0 Å². The zero-order valence-corrected chi connectivity index (χ0v) is 18.2. The fourth-order valence-corrected chi connectivity index (χ4v) is 9.48. The fraction of sp³-hybridized carbons (Fsp3) is 0.458. The molecule has 28 heavy (non-hydrogen) atoms. The first-order valence-electron chi connectivity index (χ1n) is 10.4. The fourth-order valence-electron chi connectivity index (χ4n) is 4.70. The summed E-state index contributed by atoms with van der Waals surface area (Å²) in [6.07, 6.45) is 4.29. The van der Waals surface area contributed by atoms with Gasteiger partial charge in [-0.05, 0) is 34.2 Å². The molecule has 1 aliphatic rings. The minimum Gasteiger partial charge on any atom is -0.481 e. The summed E-state index contributed by atoms with van der Waals surface area (Å²) in [4.78, 5) is 11.5. The number of aliphatic carboxylic acids is 1. The molecule has 2 aromatic rings. The second kappa shape index (κ2) is 8.62. The molecule has 150 valence electrons. The molecule has 0 bridgehead atoms. The highest BCUT2D eigenvalue weighted by atomic mass is 28.4. The molecule has 0 aromatic heterocycles. The lowest BCUT2D eigenvalue weighted by molar-refractivity contribution is -0.139. The predicted molar refractivity (Wildman–Crippen MR) is 117 cm³/mol. The Bertz CT molecular complexity index is 728. The third-order valence-electron chi connectivity index (χ3n) is 6.02. The molecule has 3 nitrogen and oxygen atoms in total. The Morgan fingerprint density at radius 2 is 1.46 bits per heavy atom. The standard InChI is InChI=1S/C24H32O3Si/c1-24(2,3)28(20-13-6-4-7-14-20,21-15-8-5-9-16-21)27-22-17-11-10-12-19(22)18-23(25)26/h4-9,13-16,19,22H,10-12,17-18H2,1-3H3,(H,25,26)/t19-,22+/m0/s1. The van der Waals surface area contributed by atoms with Crippen LogP contribution in [0, 0.1) is 5.92 Å². The van der Waals surface area contributed by atoms with E-state index in [1.54, 1.807) is 0 Å². The molecule has 1 N–H and O–H groups in total. The van der Waals surface area contributed by atoms with Crippen LogP contribution in [0.2, 0.25) is 5.04 Å². The molecular weight excluding hydrogens is 364 g/mol.